The van der Waals surface area contributed by atoms with Gasteiger partial charge in [-0.05, 0) is 56.9 Å². The van der Waals surface area contributed by atoms with Crippen molar-refractivity contribution >= 4 is 27.1 Å². The molecule has 2 aliphatic rings. The maximum atomic E-state index is 13.1. The molecule has 42 heavy (non-hydrogen) atoms. The highest BCUT2D eigenvalue weighted by molar-refractivity contribution is 7.91. The number of likely N-dealkylation sites (tertiary alicyclic amines) is 1. The van der Waals surface area contributed by atoms with Crippen molar-refractivity contribution in [2.24, 2.45) is 0 Å². The van der Waals surface area contributed by atoms with Crippen LogP contribution in [0.15, 0.2) is 35.5 Å². The van der Waals surface area contributed by atoms with E-state index in [1.807, 2.05) is 13.0 Å². The summed E-state index contributed by atoms with van der Waals surface area (Å²) < 4.78 is 69.4. The number of halogens is 3. The minimum atomic E-state index is -4.58. The number of rotatable bonds is 7. The van der Waals surface area contributed by atoms with Crippen LogP contribution >= 0.6 is 11.3 Å². The molecule has 0 bridgehead atoms. The van der Waals surface area contributed by atoms with Gasteiger partial charge in [0, 0.05) is 48.2 Å². The Morgan fingerprint density at radius 2 is 1.95 bits per heavy atom. The Balaban J connectivity index is 1.24. The van der Waals surface area contributed by atoms with Gasteiger partial charge < -0.3 is 10.1 Å². The zero-order chi connectivity index (χ0) is 30.3. The molecule has 0 aliphatic carbocycles. The number of nitrogens with one attached hydrogen (secondary N) is 1. The average molecular weight is 624 g/mol. The van der Waals surface area contributed by atoms with Gasteiger partial charge in [-0.3, -0.25) is 14.7 Å². The van der Waals surface area contributed by atoms with Gasteiger partial charge in [-0.15, -0.1) is 11.3 Å². The zero-order valence-corrected chi connectivity index (χ0v) is 25.1. The van der Waals surface area contributed by atoms with Crippen molar-refractivity contribution in [3.05, 3.63) is 68.7 Å². The van der Waals surface area contributed by atoms with Crippen molar-refractivity contribution in [2.45, 2.75) is 75.9 Å². The number of hydrogen-bond acceptors (Lipinski definition) is 9. The molecule has 5 rings (SSSR count). The number of fused-ring (bicyclic) bond motifs is 2. The number of aryl methyl sites for hydroxylation is 1. The Labute approximate surface area is 246 Å². The van der Waals surface area contributed by atoms with E-state index in [1.165, 1.54) is 29.8 Å². The highest BCUT2D eigenvalue weighted by atomic mass is 32.2. The first-order chi connectivity index (χ1) is 19.8. The Bertz CT molecular complexity index is 1570. The monoisotopic (exact) mass is 623 g/mol. The van der Waals surface area contributed by atoms with E-state index in [0.717, 1.165) is 10.4 Å². The summed E-state index contributed by atoms with van der Waals surface area (Å²) in [5.41, 5.74) is 2.09. The van der Waals surface area contributed by atoms with Gasteiger partial charge >= 0.3 is 6.18 Å². The van der Waals surface area contributed by atoms with Crippen LogP contribution in [0.2, 0.25) is 0 Å². The van der Waals surface area contributed by atoms with Gasteiger partial charge in [-0.25, -0.2) is 18.4 Å². The van der Waals surface area contributed by atoms with Gasteiger partial charge in [0.15, 0.2) is 9.84 Å². The molecule has 0 saturated carbocycles. The Hall–Kier alpha value is -2.94. The lowest BCUT2D eigenvalue weighted by molar-refractivity contribution is -0.145. The fraction of sp³-hybridized carbons (Fsp3) is 0.500. The molecule has 1 fully saturated rings. The molecule has 3 aromatic rings. The van der Waals surface area contributed by atoms with Crippen molar-refractivity contribution in [3.63, 3.8) is 0 Å². The molecule has 226 valence electrons. The topological polar surface area (TPSA) is 114 Å². The van der Waals surface area contributed by atoms with E-state index in [4.69, 9.17) is 4.74 Å². The maximum Gasteiger partial charge on any atom is 0.451 e. The number of nitrogens with zero attached hydrogens (tertiary/aromatic N) is 4. The van der Waals surface area contributed by atoms with Crippen molar-refractivity contribution in [2.75, 3.05) is 18.8 Å². The lowest BCUT2D eigenvalue weighted by atomic mass is 9.84. The van der Waals surface area contributed by atoms with Gasteiger partial charge in [-0.1, -0.05) is 6.92 Å². The molecule has 9 nitrogen and oxygen atoms in total. The number of ether oxygens (including phenoxy) is 1. The highest BCUT2D eigenvalue weighted by Crippen LogP contribution is 2.47. The normalized spacial score (nSPS) is 19.0. The molecule has 3 aromatic heterocycles. The van der Waals surface area contributed by atoms with Crippen LogP contribution in [0.25, 0.3) is 0 Å². The fourth-order valence-corrected chi connectivity index (χ4v) is 7.55. The summed E-state index contributed by atoms with van der Waals surface area (Å²) in [5, 5.41) is 2.88. The predicted molar refractivity (Wildman–Crippen MR) is 150 cm³/mol. The van der Waals surface area contributed by atoms with Crippen molar-refractivity contribution in [3.8, 4) is 0 Å². The number of carbonyl (C=O) groups is 1. The maximum absolute atomic E-state index is 13.1. The van der Waals surface area contributed by atoms with Crippen LogP contribution < -0.4 is 5.32 Å². The number of hydrogen-bond donors (Lipinski definition) is 1. The van der Waals surface area contributed by atoms with Crippen LogP contribution in [0, 0.1) is 6.92 Å². The lowest BCUT2D eigenvalue weighted by Gasteiger charge is -2.45. The van der Waals surface area contributed by atoms with Gasteiger partial charge in [0.1, 0.15) is 5.60 Å². The fourth-order valence-electron chi connectivity index (χ4n) is 5.43. The molecule has 14 heteroatoms. The minimum absolute atomic E-state index is 0.0105. The summed E-state index contributed by atoms with van der Waals surface area (Å²) in [7, 11) is -3.34. The third-order valence-corrected chi connectivity index (χ3v) is 10.8. The summed E-state index contributed by atoms with van der Waals surface area (Å²) in [4.78, 5) is 28.4. The third kappa shape index (κ3) is 6.36. The first-order valence-electron chi connectivity index (χ1n) is 13.7. The Kier molecular flexibility index (Phi) is 8.45. The Morgan fingerprint density at radius 1 is 1.21 bits per heavy atom. The van der Waals surface area contributed by atoms with Gasteiger partial charge in [-0.2, -0.15) is 13.2 Å². The van der Waals surface area contributed by atoms with E-state index in [2.05, 4.69) is 25.2 Å². The van der Waals surface area contributed by atoms with Gasteiger partial charge in [0.2, 0.25) is 5.82 Å². The van der Waals surface area contributed by atoms with Crippen LogP contribution in [0.3, 0.4) is 0 Å². The largest absolute Gasteiger partial charge is 0.451 e. The summed E-state index contributed by atoms with van der Waals surface area (Å²) in [5.74, 6) is -1.38. The van der Waals surface area contributed by atoms with E-state index >= 15 is 0 Å². The van der Waals surface area contributed by atoms with E-state index in [9.17, 15) is 26.4 Å². The standard InChI is InChI=1S/C28H32F3N5O4S2/c1-4-42(38,39)22-6-5-21(32-15-22)14-33-25(37)23-12-19-11-17(2)40-27(24(19)41-23)7-9-36(10-8-27)16-20-13-34-26(28(29,30)31)35-18(20)3/h5-6,12-13,15,17H,4,7-11,14,16H2,1-3H3,(H,33,37)/t17-/m0/s1. The second kappa shape index (κ2) is 11.6. The van der Waals surface area contributed by atoms with Crippen molar-refractivity contribution < 1.29 is 31.1 Å². The molecule has 2 aliphatic heterocycles. The molecule has 1 N–H and O–H groups in total. The predicted octanol–water partition coefficient (Wildman–Crippen LogP) is 4.44. The number of sulfone groups is 1. The summed E-state index contributed by atoms with van der Waals surface area (Å²) >= 11 is 1.42. The summed E-state index contributed by atoms with van der Waals surface area (Å²) in [6.07, 6.45) is 0.0292. The average Bonchev–Trinajstić information content (AvgIpc) is 3.39. The molecule has 1 saturated heterocycles. The van der Waals surface area contributed by atoms with Gasteiger partial charge in [0.25, 0.3) is 5.91 Å². The van der Waals surface area contributed by atoms with Crippen LogP contribution in [0.1, 0.15) is 69.6 Å². The molecule has 1 atom stereocenters. The van der Waals surface area contributed by atoms with Crippen molar-refractivity contribution in [1.29, 1.82) is 0 Å². The quantitative estimate of drug-likeness (QED) is 0.411. The number of carbonyl (C=O) groups excluding carboxylic acids is 1. The molecule has 0 unspecified atom stereocenters. The van der Waals surface area contributed by atoms with E-state index in [0.29, 0.717) is 60.7 Å². The minimum Gasteiger partial charge on any atom is -0.366 e. The van der Waals surface area contributed by atoms with E-state index in [-0.39, 0.29) is 29.2 Å². The van der Waals surface area contributed by atoms with E-state index in [1.54, 1.807) is 19.9 Å². The molecular weight excluding hydrogens is 591 g/mol. The van der Waals surface area contributed by atoms with Crippen LogP contribution in [-0.2, 0) is 45.9 Å². The van der Waals surface area contributed by atoms with Gasteiger partial charge in [0.05, 0.1) is 33.9 Å². The molecular formula is C28H32F3N5O4S2. The first-order valence-corrected chi connectivity index (χ1v) is 16.2. The lowest BCUT2D eigenvalue weighted by Crippen LogP contribution is -2.47. The number of piperidine rings is 1. The molecule has 1 spiro atoms. The summed E-state index contributed by atoms with van der Waals surface area (Å²) in [6.45, 7) is 7.10. The smallest absolute Gasteiger partial charge is 0.366 e. The van der Waals surface area contributed by atoms with Crippen LogP contribution in [0.4, 0.5) is 13.2 Å². The molecule has 1 amide bonds. The second-order valence-electron chi connectivity index (χ2n) is 10.7. The molecule has 5 heterocycles. The Morgan fingerprint density at radius 3 is 2.57 bits per heavy atom. The number of pyridine rings is 1. The molecule has 0 radical (unpaired) electrons. The SMILES string of the molecule is CCS(=O)(=O)c1ccc(CNC(=O)c2cc3c(s2)C2(CCN(Cc4cnc(C(F)(F)F)nc4C)CC2)O[C@@H](C)C3)nc1. The second-order valence-corrected chi connectivity index (χ2v) is 14.1. The first kappa shape index (κ1) is 30.5. The number of alkyl halides is 3. The van der Waals surface area contributed by atoms with E-state index < -0.39 is 27.4 Å². The number of thiophene rings is 1. The number of amides is 1. The third-order valence-electron chi connectivity index (χ3n) is 7.74. The summed E-state index contributed by atoms with van der Waals surface area (Å²) in [6, 6.07) is 5.02. The van der Waals surface area contributed by atoms with Crippen LogP contribution in [-0.4, -0.2) is 59.1 Å². The molecule has 0 aromatic carbocycles. The van der Waals surface area contributed by atoms with Crippen molar-refractivity contribution in [1.82, 2.24) is 25.2 Å². The zero-order valence-electron chi connectivity index (χ0n) is 23.5. The highest BCUT2D eigenvalue weighted by Gasteiger charge is 2.45. The number of aromatic nitrogens is 3. The van der Waals surface area contributed by atoms with Crippen LogP contribution in [0.5, 0.6) is 0 Å².